The summed E-state index contributed by atoms with van der Waals surface area (Å²) in [4.78, 5) is 2.20. The highest BCUT2D eigenvalue weighted by atomic mass is 16.3. The Kier molecular flexibility index (Phi) is 3.82. The van der Waals surface area contributed by atoms with Gasteiger partial charge in [0.2, 0.25) is 0 Å². The van der Waals surface area contributed by atoms with Crippen LogP contribution in [0.2, 0.25) is 0 Å². The van der Waals surface area contributed by atoms with Crippen LogP contribution in [0.1, 0.15) is 25.3 Å². The Morgan fingerprint density at radius 2 is 2.06 bits per heavy atom. The summed E-state index contributed by atoms with van der Waals surface area (Å²) in [5, 5.41) is 20.1. The lowest BCUT2D eigenvalue weighted by Gasteiger charge is -2.41. The number of hydrogen-bond acceptors (Lipinski definition) is 3. The Morgan fingerprint density at radius 3 is 2.65 bits per heavy atom. The van der Waals surface area contributed by atoms with Gasteiger partial charge in [-0.05, 0) is 18.4 Å². The largest absolute Gasteiger partial charge is 0.389 e. The normalized spacial score (nSPS) is 30.4. The Balaban J connectivity index is 1.94. The van der Waals surface area contributed by atoms with Gasteiger partial charge in [0.15, 0.2) is 0 Å². The van der Waals surface area contributed by atoms with Crippen molar-refractivity contribution in [2.45, 2.75) is 38.0 Å². The molecule has 0 aliphatic carbocycles. The molecule has 0 radical (unpaired) electrons. The summed E-state index contributed by atoms with van der Waals surface area (Å²) in [5.41, 5.74) is 0.370. The van der Waals surface area contributed by atoms with Gasteiger partial charge in [-0.1, -0.05) is 37.3 Å². The number of rotatable bonds is 3. The number of aliphatic hydroxyl groups excluding tert-OH is 1. The van der Waals surface area contributed by atoms with Crippen LogP contribution in [0.15, 0.2) is 30.3 Å². The van der Waals surface area contributed by atoms with E-state index in [1.807, 2.05) is 25.1 Å². The third-order valence-corrected chi connectivity index (χ3v) is 3.77. The number of likely N-dealkylation sites (tertiary alicyclic amines) is 1. The van der Waals surface area contributed by atoms with Crippen molar-refractivity contribution in [3.63, 3.8) is 0 Å². The fourth-order valence-electron chi connectivity index (χ4n) is 2.42. The molecule has 0 aromatic heterocycles. The van der Waals surface area contributed by atoms with Gasteiger partial charge in [-0.2, -0.15) is 0 Å². The lowest BCUT2D eigenvalue weighted by Crippen LogP contribution is -2.54. The highest BCUT2D eigenvalue weighted by Gasteiger charge is 2.38. The van der Waals surface area contributed by atoms with Gasteiger partial charge in [0.05, 0.1) is 11.7 Å². The van der Waals surface area contributed by atoms with Crippen molar-refractivity contribution in [1.82, 2.24) is 4.90 Å². The van der Waals surface area contributed by atoms with E-state index in [0.717, 1.165) is 13.1 Å². The summed E-state index contributed by atoms with van der Waals surface area (Å²) >= 11 is 0. The van der Waals surface area contributed by atoms with E-state index < -0.39 is 11.7 Å². The average Bonchev–Trinajstić information content (AvgIpc) is 2.35. The zero-order chi connectivity index (χ0) is 12.3. The van der Waals surface area contributed by atoms with Crippen LogP contribution in [0.5, 0.6) is 0 Å². The van der Waals surface area contributed by atoms with Crippen LogP contribution in [0.4, 0.5) is 0 Å². The fraction of sp³-hybridized carbons (Fsp3) is 0.571. The van der Waals surface area contributed by atoms with Crippen LogP contribution in [0.3, 0.4) is 0 Å². The molecule has 1 heterocycles. The van der Waals surface area contributed by atoms with E-state index in [1.54, 1.807) is 0 Å². The second-order valence-electron chi connectivity index (χ2n) is 4.94. The molecule has 1 aliphatic heterocycles. The monoisotopic (exact) mass is 235 g/mol. The first-order valence-corrected chi connectivity index (χ1v) is 6.31. The molecule has 1 aromatic rings. The summed E-state index contributed by atoms with van der Waals surface area (Å²) in [6.45, 7) is 4.17. The van der Waals surface area contributed by atoms with E-state index in [1.165, 1.54) is 5.56 Å². The zero-order valence-electron chi connectivity index (χ0n) is 10.3. The predicted octanol–water partition coefficient (Wildman–Crippen LogP) is 1.39. The minimum absolute atomic E-state index is 0.555. The van der Waals surface area contributed by atoms with Crippen LogP contribution in [0, 0.1) is 0 Å². The molecule has 1 saturated heterocycles. The maximum Gasteiger partial charge on any atom is 0.0954 e. The Hall–Kier alpha value is -0.900. The SMILES string of the molecule is CC[C@@]1(O)CCN(Cc2ccccc2)C[C@@H]1O. The first kappa shape index (κ1) is 12.6. The highest BCUT2D eigenvalue weighted by molar-refractivity contribution is 5.14. The first-order valence-electron chi connectivity index (χ1n) is 6.31. The standard InChI is InChI=1S/C14H21NO2/c1-2-14(17)8-9-15(11-13(14)16)10-12-6-4-3-5-7-12/h3-7,13,16-17H,2,8-11H2,1H3/t13-,14+/m0/s1. The minimum atomic E-state index is -0.882. The number of aliphatic hydroxyl groups is 2. The summed E-state index contributed by atoms with van der Waals surface area (Å²) in [7, 11) is 0. The molecule has 0 unspecified atom stereocenters. The van der Waals surface area contributed by atoms with Crippen molar-refractivity contribution in [2.75, 3.05) is 13.1 Å². The van der Waals surface area contributed by atoms with Crippen LogP contribution < -0.4 is 0 Å². The lowest BCUT2D eigenvalue weighted by atomic mass is 9.86. The molecule has 1 aromatic carbocycles. The van der Waals surface area contributed by atoms with E-state index in [0.29, 0.717) is 19.4 Å². The Morgan fingerprint density at radius 1 is 1.35 bits per heavy atom. The summed E-state index contributed by atoms with van der Waals surface area (Å²) in [6, 6.07) is 10.2. The van der Waals surface area contributed by atoms with Gasteiger partial charge in [-0.25, -0.2) is 0 Å². The zero-order valence-corrected chi connectivity index (χ0v) is 10.3. The molecule has 2 rings (SSSR count). The maximum atomic E-state index is 10.2. The van der Waals surface area contributed by atoms with Gasteiger partial charge in [0.1, 0.15) is 0 Å². The average molecular weight is 235 g/mol. The van der Waals surface area contributed by atoms with E-state index in [9.17, 15) is 10.2 Å². The molecule has 0 bridgehead atoms. The van der Waals surface area contributed by atoms with E-state index >= 15 is 0 Å². The fourth-order valence-corrected chi connectivity index (χ4v) is 2.42. The van der Waals surface area contributed by atoms with Crippen molar-refractivity contribution in [3.05, 3.63) is 35.9 Å². The molecule has 94 valence electrons. The minimum Gasteiger partial charge on any atom is -0.389 e. The summed E-state index contributed by atoms with van der Waals surface area (Å²) in [5.74, 6) is 0. The molecule has 3 heteroatoms. The molecule has 1 fully saturated rings. The number of β-amino-alcohol motifs (C(OH)–C–C–N with tert-alkyl or cyclic N) is 1. The Labute approximate surface area is 103 Å². The maximum absolute atomic E-state index is 10.2. The third-order valence-electron chi connectivity index (χ3n) is 3.77. The highest BCUT2D eigenvalue weighted by Crippen LogP contribution is 2.26. The van der Waals surface area contributed by atoms with Crippen LogP contribution in [0.25, 0.3) is 0 Å². The van der Waals surface area contributed by atoms with Gasteiger partial charge < -0.3 is 10.2 Å². The van der Waals surface area contributed by atoms with Crippen molar-refractivity contribution >= 4 is 0 Å². The number of benzene rings is 1. The quantitative estimate of drug-likeness (QED) is 0.832. The summed E-state index contributed by atoms with van der Waals surface area (Å²) in [6.07, 6.45) is 0.634. The molecule has 1 aliphatic rings. The van der Waals surface area contributed by atoms with Crippen LogP contribution in [-0.2, 0) is 6.54 Å². The van der Waals surface area contributed by atoms with E-state index in [-0.39, 0.29) is 0 Å². The molecule has 0 amide bonds. The van der Waals surface area contributed by atoms with Gasteiger partial charge in [-0.15, -0.1) is 0 Å². The topological polar surface area (TPSA) is 43.7 Å². The number of nitrogens with zero attached hydrogens (tertiary/aromatic N) is 1. The summed E-state index contributed by atoms with van der Waals surface area (Å²) < 4.78 is 0. The molecular weight excluding hydrogens is 214 g/mol. The van der Waals surface area contributed by atoms with Gasteiger partial charge in [-0.3, -0.25) is 4.90 Å². The number of piperidine rings is 1. The molecule has 0 saturated carbocycles. The first-order chi connectivity index (χ1) is 8.14. The van der Waals surface area contributed by atoms with E-state index in [4.69, 9.17) is 0 Å². The molecule has 3 nitrogen and oxygen atoms in total. The van der Waals surface area contributed by atoms with Gasteiger partial charge >= 0.3 is 0 Å². The molecule has 17 heavy (non-hydrogen) atoms. The van der Waals surface area contributed by atoms with Crippen molar-refractivity contribution < 1.29 is 10.2 Å². The van der Waals surface area contributed by atoms with Crippen molar-refractivity contribution in [1.29, 1.82) is 0 Å². The molecule has 2 N–H and O–H groups in total. The van der Waals surface area contributed by atoms with Gasteiger partial charge in [0.25, 0.3) is 0 Å². The van der Waals surface area contributed by atoms with Crippen molar-refractivity contribution in [2.24, 2.45) is 0 Å². The smallest absolute Gasteiger partial charge is 0.0954 e. The lowest BCUT2D eigenvalue weighted by molar-refractivity contribution is -0.121. The number of hydrogen-bond donors (Lipinski definition) is 2. The third kappa shape index (κ3) is 2.86. The second kappa shape index (κ2) is 5.17. The molecule has 2 atom stereocenters. The van der Waals surface area contributed by atoms with Crippen LogP contribution in [-0.4, -0.2) is 39.9 Å². The van der Waals surface area contributed by atoms with E-state index in [2.05, 4.69) is 17.0 Å². The predicted molar refractivity (Wildman–Crippen MR) is 67.6 cm³/mol. The molecular formula is C14H21NO2. The van der Waals surface area contributed by atoms with Crippen LogP contribution >= 0.6 is 0 Å². The van der Waals surface area contributed by atoms with Crippen molar-refractivity contribution in [3.8, 4) is 0 Å². The second-order valence-corrected chi connectivity index (χ2v) is 4.94. The van der Waals surface area contributed by atoms with Gasteiger partial charge in [0, 0.05) is 19.6 Å². The Bertz CT molecular complexity index is 354. The molecule has 0 spiro atoms.